The SMILES string of the molecule is OB(O)c1cc2ccn(-c3ccccc3)c2c2ccccc12. The minimum absolute atomic E-state index is 0.536. The van der Waals surface area contributed by atoms with Gasteiger partial charge in [-0.05, 0) is 29.0 Å². The van der Waals surface area contributed by atoms with Crippen molar-refractivity contribution in [2.75, 3.05) is 0 Å². The predicted octanol–water partition coefficient (Wildman–Crippen LogP) is 2.46. The Morgan fingerprint density at radius 1 is 0.773 bits per heavy atom. The first-order valence-electron chi connectivity index (χ1n) is 7.20. The van der Waals surface area contributed by atoms with Crippen LogP contribution in [0.5, 0.6) is 0 Å². The molecule has 4 heteroatoms. The van der Waals surface area contributed by atoms with Gasteiger partial charge in [-0.1, -0.05) is 48.5 Å². The lowest BCUT2D eigenvalue weighted by molar-refractivity contribution is 0.426. The van der Waals surface area contributed by atoms with Gasteiger partial charge in [0.15, 0.2) is 0 Å². The summed E-state index contributed by atoms with van der Waals surface area (Å²) in [7, 11) is -1.48. The van der Waals surface area contributed by atoms with Gasteiger partial charge in [0, 0.05) is 22.7 Å². The molecule has 3 aromatic carbocycles. The topological polar surface area (TPSA) is 45.4 Å². The van der Waals surface area contributed by atoms with Crippen LogP contribution in [0.15, 0.2) is 72.9 Å². The molecule has 0 unspecified atom stereocenters. The summed E-state index contributed by atoms with van der Waals surface area (Å²) >= 11 is 0. The fourth-order valence-electron chi connectivity index (χ4n) is 3.05. The summed E-state index contributed by atoms with van der Waals surface area (Å²) in [5, 5.41) is 22.2. The number of para-hydroxylation sites is 1. The first kappa shape index (κ1) is 13.1. The van der Waals surface area contributed by atoms with Crippen LogP contribution in [-0.2, 0) is 0 Å². The van der Waals surface area contributed by atoms with E-state index in [2.05, 4.69) is 16.7 Å². The van der Waals surface area contributed by atoms with Crippen LogP contribution < -0.4 is 5.46 Å². The summed E-state index contributed by atoms with van der Waals surface area (Å²) in [5.74, 6) is 0. The second-order valence-electron chi connectivity index (χ2n) is 5.34. The van der Waals surface area contributed by atoms with Crippen LogP contribution >= 0.6 is 0 Å². The molecule has 0 atom stereocenters. The lowest BCUT2D eigenvalue weighted by Crippen LogP contribution is -2.30. The van der Waals surface area contributed by atoms with Crippen molar-refractivity contribution in [2.45, 2.75) is 0 Å². The van der Waals surface area contributed by atoms with Crippen molar-refractivity contribution in [1.82, 2.24) is 4.57 Å². The highest BCUT2D eigenvalue weighted by atomic mass is 16.4. The Morgan fingerprint density at radius 2 is 1.45 bits per heavy atom. The van der Waals surface area contributed by atoms with Crippen molar-refractivity contribution in [1.29, 1.82) is 0 Å². The number of hydrogen-bond donors (Lipinski definition) is 2. The summed E-state index contributed by atoms with van der Waals surface area (Å²) in [6.07, 6.45) is 2.01. The Bertz CT molecular complexity index is 961. The molecule has 4 aromatic rings. The fraction of sp³-hybridized carbons (Fsp3) is 0. The molecule has 0 amide bonds. The van der Waals surface area contributed by atoms with E-state index in [0.717, 1.165) is 27.4 Å². The summed E-state index contributed by atoms with van der Waals surface area (Å²) in [5.41, 5.74) is 2.69. The third-order valence-electron chi connectivity index (χ3n) is 4.03. The number of rotatable bonds is 2. The first-order chi connectivity index (χ1) is 10.8. The van der Waals surface area contributed by atoms with E-state index in [1.54, 1.807) is 0 Å². The Kier molecular flexibility index (Phi) is 3.00. The van der Waals surface area contributed by atoms with Crippen molar-refractivity contribution in [3.8, 4) is 5.69 Å². The zero-order valence-electron chi connectivity index (χ0n) is 11.8. The van der Waals surface area contributed by atoms with E-state index in [4.69, 9.17) is 0 Å². The number of hydrogen-bond acceptors (Lipinski definition) is 2. The minimum atomic E-state index is -1.48. The van der Waals surface area contributed by atoms with E-state index in [0.29, 0.717) is 5.46 Å². The minimum Gasteiger partial charge on any atom is -0.423 e. The van der Waals surface area contributed by atoms with E-state index in [-0.39, 0.29) is 0 Å². The van der Waals surface area contributed by atoms with Crippen LogP contribution in [0.3, 0.4) is 0 Å². The van der Waals surface area contributed by atoms with Crippen LogP contribution in [-0.4, -0.2) is 21.7 Å². The molecule has 0 aliphatic carbocycles. The Morgan fingerprint density at radius 3 is 2.18 bits per heavy atom. The molecule has 0 bridgehead atoms. The molecule has 0 fully saturated rings. The van der Waals surface area contributed by atoms with E-state index in [1.165, 1.54) is 0 Å². The molecular weight excluding hydrogens is 273 g/mol. The third kappa shape index (κ3) is 1.93. The highest BCUT2D eigenvalue weighted by Crippen LogP contribution is 2.27. The fourth-order valence-corrected chi connectivity index (χ4v) is 3.05. The highest BCUT2D eigenvalue weighted by Gasteiger charge is 2.18. The van der Waals surface area contributed by atoms with Crippen LogP contribution in [0, 0.1) is 0 Å². The maximum absolute atomic E-state index is 9.65. The zero-order valence-corrected chi connectivity index (χ0v) is 11.8. The monoisotopic (exact) mass is 287 g/mol. The highest BCUT2D eigenvalue weighted by molar-refractivity contribution is 6.62. The maximum Gasteiger partial charge on any atom is 0.489 e. The van der Waals surface area contributed by atoms with Crippen molar-refractivity contribution in [2.24, 2.45) is 0 Å². The summed E-state index contributed by atoms with van der Waals surface area (Å²) in [6, 6.07) is 21.8. The Hall–Kier alpha value is -2.56. The second kappa shape index (κ2) is 5.02. The van der Waals surface area contributed by atoms with Gasteiger partial charge in [-0.2, -0.15) is 0 Å². The molecule has 4 rings (SSSR count). The summed E-state index contributed by atoms with van der Waals surface area (Å²) < 4.78 is 2.13. The van der Waals surface area contributed by atoms with E-state index in [1.807, 2.05) is 60.8 Å². The van der Waals surface area contributed by atoms with Gasteiger partial charge in [0.05, 0.1) is 5.52 Å². The number of fused-ring (bicyclic) bond motifs is 3. The molecule has 0 aliphatic rings. The lowest BCUT2D eigenvalue weighted by Gasteiger charge is -2.11. The van der Waals surface area contributed by atoms with Crippen LogP contribution in [0.1, 0.15) is 0 Å². The molecule has 106 valence electrons. The van der Waals surface area contributed by atoms with Crippen molar-refractivity contribution in [3.63, 3.8) is 0 Å². The standard InChI is InChI=1S/C18H14BNO2/c21-19(22)17-12-13-10-11-20(14-6-2-1-3-7-14)18(13)16-9-5-4-8-15(16)17/h1-12,21-22H. The quantitative estimate of drug-likeness (QED) is 0.556. The van der Waals surface area contributed by atoms with E-state index >= 15 is 0 Å². The lowest BCUT2D eigenvalue weighted by atomic mass is 9.76. The smallest absolute Gasteiger partial charge is 0.423 e. The van der Waals surface area contributed by atoms with Gasteiger partial charge in [0.1, 0.15) is 0 Å². The zero-order chi connectivity index (χ0) is 15.1. The van der Waals surface area contributed by atoms with Gasteiger partial charge in [-0.25, -0.2) is 0 Å². The molecule has 2 N–H and O–H groups in total. The molecule has 0 aliphatic heterocycles. The third-order valence-corrected chi connectivity index (χ3v) is 4.03. The van der Waals surface area contributed by atoms with Gasteiger partial charge < -0.3 is 14.6 Å². The number of aromatic nitrogens is 1. The molecular formula is C18H14BNO2. The average Bonchev–Trinajstić information content (AvgIpc) is 2.99. The molecule has 0 radical (unpaired) electrons. The van der Waals surface area contributed by atoms with Gasteiger partial charge in [-0.3, -0.25) is 0 Å². The number of benzene rings is 3. The predicted molar refractivity (Wildman–Crippen MR) is 90.6 cm³/mol. The molecule has 0 saturated heterocycles. The second-order valence-corrected chi connectivity index (χ2v) is 5.34. The first-order valence-corrected chi connectivity index (χ1v) is 7.20. The molecule has 22 heavy (non-hydrogen) atoms. The Balaban J connectivity index is 2.14. The van der Waals surface area contributed by atoms with Gasteiger partial charge in [0.2, 0.25) is 0 Å². The maximum atomic E-state index is 9.65. The average molecular weight is 287 g/mol. The largest absolute Gasteiger partial charge is 0.489 e. The molecule has 1 heterocycles. The molecule has 0 spiro atoms. The molecule has 1 aromatic heterocycles. The van der Waals surface area contributed by atoms with Gasteiger partial charge in [0.25, 0.3) is 0 Å². The molecule has 3 nitrogen and oxygen atoms in total. The number of nitrogens with zero attached hydrogens (tertiary/aromatic N) is 1. The molecule has 0 saturated carbocycles. The van der Waals surface area contributed by atoms with E-state index < -0.39 is 7.12 Å². The van der Waals surface area contributed by atoms with Crippen LogP contribution in [0.4, 0.5) is 0 Å². The summed E-state index contributed by atoms with van der Waals surface area (Å²) in [6.45, 7) is 0. The van der Waals surface area contributed by atoms with Crippen molar-refractivity contribution < 1.29 is 10.0 Å². The van der Waals surface area contributed by atoms with E-state index in [9.17, 15) is 10.0 Å². The van der Waals surface area contributed by atoms with Gasteiger partial charge >= 0.3 is 7.12 Å². The normalized spacial score (nSPS) is 11.2. The van der Waals surface area contributed by atoms with Crippen molar-refractivity contribution >= 4 is 34.3 Å². The van der Waals surface area contributed by atoms with Crippen LogP contribution in [0.2, 0.25) is 0 Å². The Labute approximate surface area is 128 Å². The van der Waals surface area contributed by atoms with Crippen molar-refractivity contribution in [3.05, 3.63) is 72.9 Å². The van der Waals surface area contributed by atoms with Crippen LogP contribution in [0.25, 0.3) is 27.4 Å². The van der Waals surface area contributed by atoms with Gasteiger partial charge in [-0.15, -0.1) is 0 Å². The summed E-state index contributed by atoms with van der Waals surface area (Å²) in [4.78, 5) is 0.